The molecule has 0 saturated heterocycles. The minimum absolute atomic E-state index is 0.0715. The second-order valence-electron chi connectivity index (χ2n) is 2.84. The van der Waals surface area contributed by atoms with E-state index in [9.17, 15) is 13.2 Å². The molecule has 0 radical (unpaired) electrons. The maximum atomic E-state index is 10.8. The van der Waals surface area contributed by atoms with Crippen LogP contribution in [0.5, 0.6) is 0 Å². The zero-order chi connectivity index (χ0) is 11.6. The number of rotatable bonds is 3. The van der Waals surface area contributed by atoms with Gasteiger partial charge in [0.05, 0.1) is 11.3 Å². The maximum Gasteiger partial charge on any atom is 0.335 e. The zero-order valence-electron chi connectivity index (χ0n) is 7.28. The van der Waals surface area contributed by atoms with Gasteiger partial charge in [-0.15, -0.1) is 0 Å². The molecule has 7 heteroatoms. The van der Waals surface area contributed by atoms with Gasteiger partial charge in [0, 0.05) is 15.7 Å². The SMILES string of the molecule is O=C(O)c1cc(Cl)cc(CS(=O)(=O)Cl)c1. The highest BCUT2D eigenvalue weighted by atomic mass is 35.7. The van der Waals surface area contributed by atoms with Gasteiger partial charge in [0.25, 0.3) is 0 Å². The predicted molar refractivity (Wildman–Crippen MR) is 56.9 cm³/mol. The average Bonchev–Trinajstić information content (AvgIpc) is 1.99. The molecule has 0 saturated carbocycles. The molecule has 0 bridgehead atoms. The van der Waals surface area contributed by atoms with Crippen LogP contribution in [-0.4, -0.2) is 19.5 Å². The van der Waals surface area contributed by atoms with Crippen LogP contribution in [0.2, 0.25) is 5.02 Å². The smallest absolute Gasteiger partial charge is 0.335 e. The van der Waals surface area contributed by atoms with Crippen molar-refractivity contribution < 1.29 is 18.3 Å². The summed E-state index contributed by atoms with van der Waals surface area (Å²) in [5.41, 5.74) is 0.174. The summed E-state index contributed by atoms with van der Waals surface area (Å²) in [4.78, 5) is 10.6. The van der Waals surface area contributed by atoms with Gasteiger partial charge in [-0.05, 0) is 23.8 Å². The second-order valence-corrected chi connectivity index (χ2v) is 6.05. The molecule has 0 aliphatic heterocycles. The Morgan fingerprint density at radius 3 is 2.40 bits per heavy atom. The summed E-state index contributed by atoms with van der Waals surface area (Å²) in [6, 6.07) is 3.80. The summed E-state index contributed by atoms with van der Waals surface area (Å²) in [6.07, 6.45) is 0. The number of carboxylic acids is 1. The van der Waals surface area contributed by atoms with Gasteiger partial charge >= 0.3 is 5.97 Å². The molecule has 0 atom stereocenters. The standard InChI is InChI=1S/C8H6Cl2O4S/c9-7-2-5(4-15(10,13)14)1-6(3-7)8(11)12/h1-3H,4H2,(H,11,12). The number of hydrogen-bond donors (Lipinski definition) is 1. The lowest BCUT2D eigenvalue weighted by Crippen LogP contribution is -2.00. The molecule has 1 N–H and O–H groups in total. The van der Waals surface area contributed by atoms with Gasteiger partial charge in [-0.3, -0.25) is 0 Å². The fraction of sp³-hybridized carbons (Fsp3) is 0.125. The predicted octanol–water partition coefficient (Wildman–Crippen LogP) is 2.11. The Labute approximate surface area is 95.9 Å². The summed E-state index contributed by atoms with van der Waals surface area (Å²) >= 11 is 5.62. The minimum atomic E-state index is -3.72. The van der Waals surface area contributed by atoms with Gasteiger partial charge < -0.3 is 5.11 Å². The van der Waals surface area contributed by atoms with Crippen LogP contribution < -0.4 is 0 Å². The van der Waals surface area contributed by atoms with Crippen molar-refractivity contribution in [1.82, 2.24) is 0 Å². The van der Waals surface area contributed by atoms with Crippen LogP contribution in [0.1, 0.15) is 15.9 Å². The Kier molecular flexibility index (Phi) is 3.59. The van der Waals surface area contributed by atoms with E-state index in [4.69, 9.17) is 27.4 Å². The fourth-order valence-electron chi connectivity index (χ4n) is 1.06. The Morgan fingerprint density at radius 1 is 1.33 bits per heavy atom. The number of carboxylic acid groups (broad SMARTS) is 1. The van der Waals surface area contributed by atoms with E-state index >= 15 is 0 Å². The molecule has 4 nitrogen and oxygen atoms in total. The molecular weight excluding hydrogens is 263 g/mol. The lowest BCUT2D eigenvalue weighted by molar-refractivity contribution is 0.0696. The molecule has 1 aromatic rings. The van der Waals surface area contributed by atoms with E-state index in [0.717, 1.165) is 0 Å². The van der Waals surface area contributed by atoms with Gasteiger partial charge in [0.2, 0.25) is 9.05 Å². The molecule has 0 aromatic heterocycles. The normalized spacial score (nSPS) is 11.3. The largest absolute Gasteiger partial charge is 0.478 e. The van der Waals surface area contributed by atoms with Gasteiger partial charge in [-0.25, -0.2) is 13.2 Å². The van der Waals surface area contributed by atoms with E-state index in [1.807, 2.05) is 0 Å². The monoisotopic (exact) mass is 268 g/mol. The van der Waals surface area contributed by atoms with Crippen molar-refractivity contribution >= 4 is 37.3 Å². The van der Waals surface area contributed by atoms with Crippen LogP contribution in [0.4, 0.5) is 0 Å². The molecular formula is C8H6Cl2O4S. The van der Waals surface area contributed by atoms with Crippen LogP contribution in [0.15, 0.2) is 18.2 Å². The van der Waals surface area contributed by atoms with E-state index in [1.165, 1.54) is 18.2 Å². The third kappa shape index (κ3) is 4.07. The van der Waals surface area contributed by atoms with Crippen molar-refractivity contribution in [3.8, 4) is 0 Å². The van der Waals surface area contributed by atoms with Crippen molar-refractivity contribution in [3.63, 3.8) is 0 Å². The van der Waals surface area contributed by atoms with Crippen molar-refractivity contribution in [2.45, 2.75) is 5.75 Å². The fourth-order valence-corrected chi connectivity index (χ4v) is 2.26. The maximum absolute atomic E-state index is 10.8. The molecule has 0 heterocycles. The van der Waals surface area contributed by atoms with Crippen LogP contribution in [-0.2, 0) is 14.8 Å². The van der Waals surface area contributed by atoms with Crippen molar-refractivity contribution in [1.29, 1.82) is 0 Å². The third-order valence-corrected chi connectivity index (χ3v) is 2.77. The molecule has 0 aliphatic rings. The molecule has 1 rings (SSSR count). The summed E-state index contributed by atoms with van der Waals surface area (Å²) < 4.78 is 21.5. The van der Waals surface area contributed by atoms with E-state index in [-0.39, 0.29) is 16.1 Å². The highest BCUT2D eigenvalue weighted by molar-refractivity contribution is 8.13. The van der Waals surface area contributed by atoms with Gasteiger partial charge in [-0.2, -0.15) is 0 Å². The number of aromatic carboxylic acids is 1. The number of carbonyl (C=O) groups is 1. The number of halogens is 2. The first kappa shape index (κ1) is 12.3. The minimum Gasteiger partial charge on any atom is -0.478 e. The topological polar surface area (TPSA) is 71.4 Å². The first-order chi connectivity index (χ1) is 6.78. The number of benzene rings is 1. The Bertz CT molecular complexity index is 495. The first-order valence-corrected chi connectivity index (χ1v) is 6.59. The Balaban J connectivity index is 3.15. The van der Waals surface area contributed by atoms with E-state index in [2.05, 4.69) is 0 Å². The van der Waals surface area contributed by atoms with Gasteiger partial charge in [-0.1, -0.05) is 11.6 Å². The average molecular weight is 269 g/mol. The van der Waals surface area contributed by atoms with E-state index in [0.29, 0.717) is 0 Å². The van der Waals surface area contributed by atoms with Crippen molar-refractivity contribution in [3.05, 3.63) is 34.3 Å². The summed E-state index contributed by atoms with van der Waals surface area (Å²) in [7, 11) is 1.32. The van der Waals surface area contributed by atoms with Gasteiger partial charge in [0.15, 0.2) is 0 Å². The molecule has 1 aromatic carbocycles. The van der Waals surface area contributed by atoms with Crippen LogP contribution in [0, 0.1) is 0 Å². The van der Waals surface area contributed by atoms with Crippen LogP contribution in [0.3, 0.4) is 0 Å². The van der Waals surface area contributed by atoms with E-state index < -0.39 is 20.8 Å². The lowest BCUT2D eigenvalue weighted by atomic mass is 10.1. The molecule has 0 unspecified atom stereocenters. The van der Waals surface area contributed by atoms with Crippen LogP contribution in [0.25, 0.3) is 0 Å². The lowest BCUT2D eigenvalue weighted by Gasteiger charge is -2.01. The summed E-state index contributed by atoms with van der Waals surface area (Å²) in [5, 5.41) is 8.85. The third-order valence-electron chi connectivity index (χ3n) is 1.54. The Morgan fingerprint density at radius 2 is 1.93 bits per heavy atom. The molecule has 0 aliphatic carbocycles. The highest BCUT2D eigenvalue weighted by Gasteiger charge is 2.11. The Hall–Kier alpha value is -0.780. The van der Waals surface area contributed by atoms with E-state index in [1.54, 1.807) is 0 Å². The summed E-state index contributed by atoms with van der Waals surface area (Å²) in [6.45, 7) is 0. The van der Waals surface area contributed by atoms with Gasteiger partial charge in [0.1, 0.15) is 0 Å². The molecule has 0 spiro atoms. The molecule has 0 amide bonds. The zero-order valence-corrected chi connectivity index (χ0v) is 9.60. The second kappa shape index (κ2) is 4.38. The summed E-state index contributed by atoms with van der Waals surface area (Å²) in [5.74, 6) is -1.62. The van der Waals surface area contributed by atoms with Crippen molar-refractivity contribution in [2.75, 3.05) is 0 Å². The first-order valence-electron chi connectivity index (χ1n) is 3.73. The number of hydrogen-bond acceptors (Lipinski definition) is 3. The van der Waals surface area contributed by atoms with Crippen molar-refractivity contribution in [2.24, 2.45) is 0 Å². The molecule has 15 heavy (non-hydrogen) atoms. The highest BCUT2D eigenvalue weighted by Crippen LogP contribution is 2.18. The molecule has 82 valence electrons. The quantitative estimate of drug-likeness (QED) is 0.853. The molecule has 0 fully saturated rings. The van der Waals surface area contributed by atoms with Crippen LogP contribution >= 0.6 is 22.3 Å².